The van der Waals surface area contributed by atoms with Gasteiger partial charge in [0.1, 0.15) is 0 Å². The maximum absolute atomic E-state index is 11.8. The third kappa shape index (κ3) is 6.63. The average molecular weight is 316 g/mol. The number of hydrogen-bond acceptors (Lipinski definition) is 5. The van der Waals surface area contributed by atoms with Crippen LogP contribution in [0.25, 0.3) is 0 Å². The van der Waals surface area contributed by atoms with Crippen molar-refractivity contribution in [2.45, 2.75) is 32.4 Å². The summed E-state index contributed by atoms with van der Waals surface area (Å²) in [5.41, 5.74) is 12.9. The van der Waals surface area contributed by atoms with Gasteiger partial charge in [0.25, 0.3) is 0 Å². The van der Waals surface area contributed by atoms with E-state index in [2.05, 4.69) is 21.2 Å². The number of benzene rings is 1. The van der Waals surface area contributed by atoms with Gasteiger partial charge in [0.05, 0.1) is 6.04 Å². The molecule has 1 amide bonds. The van der Waals surface area contributed by atoms with Crippen LogP contribution in [0.1, 0.15) is 30.9 Å². The number of hydrogen-bond donors (Lipinski definition) is 3. The highest BCUT2D eigenvalue weighted by Crippen LogP contribution is 2.05. The molecule has 1 aromatic carbocycles. The lowest BCUT2D eigenvalue weighted by molar-refractivity contribution is -0.140. The molecule has 1 unspecified atom stereocenters. The summed E-state index contributed by atoms with van der Waals surface area (Å²) in [7, 11) is 0. The summed E-state index contributed by atoms with van der Waals surface area (Å²) in [6, 6.07) is 6.36. The van der Waals surface area contributed by atoms with Gasteiger partial charge in [-0.2, -0.15) is 0 Å². The van der Waals surface area contributed by atoms with E-state index in [1.165, 1.54) is 6.92 Å². The van der Waals surface area contributed by atoms with Gasteiger partial charge < -0.3 is 21.6 Å². The number of nitrogens with two attached hydrogens (primary N) is 2. The molecule has 0 fully saturated rings. The Kier molecular flexibility index (Phi) is 7.30. The van der Waals surface area contributed by atoms with Crippen LogP contribution < -0.4 is 16.8 Å². The summed E-state index contributed by atoms with van der Waals surface area (Å²) < 4.78 is 0. The highest BCUT2D eigenvalue weighted by Gasteiger charge is 2.11. The maximum atomic E-state index is 11.8. The van der Waals surface area contributed by atoms with Crippen molar-refractivity contribution in [3.8, 4) is 12.3 Å². The number of rotatable bonds is 7. The van der Waals surface area contributed by atoms with Gasteiger partial charge in [-0.1, -0.05) is 29.4 Å². The van der Waals surface area contributed by atoms with E-state index in [9.17, 15) is 9.59 Å². The van der Waals surface area contributed by atoms with Gasteiger partial charge in [0.2, 0.25) is 5.91 Å². The molecule has 122 valence electrons. The fraction of sp³-hybridized carbons (Fsp3) is 0.312. The summed E-state index contributed by atoms with van der Waals surface area (Å²) in [6.45, 7) is 1.57. The number of amides is 1. The maximum Gasteiger partial charge on any atom is 0.332 e. The van der Waals surface area contributed by atoms with Crippen molar-refractivity contribution in [3.63, 3.8) is 0 Å². The molecule has 7 heteroatoms. The molecule has 0 saturated heterocycles. The Hall–Kier alpha value is -2.85. The Morgan fingerprint density at radius 2 is 2.04 bits per heavy atom. The van der Waals surface area contributed by atoms with Gasteiger partial charge in [-0.3, -0.25) is 4.79 Å². The van der Waals surface area contributed by atoms with E-state index >= 15 is 0 Å². The van der Waals surface area contributed by atoms with Crippen LogP contribution in [0.5, 0.6) is 0 Å². The van der Waals surface area contributed by atoms with Crippen LogP contribution in [0.2, 0.25) is 0 Å². The molecule has 7 nitrogen and oxygen atoms in total. The second-order valence-corrected chi connectivity index (χ2v) is 4.82. The predicted molar refractivity (Wildman–Crippen MR) is 86.8 cm³/mol. The van der Waals surface area contributed by atoms with Crippen LogP contribution in [0, 0.1) is 12.3 Å². The Bertz CT molecular complexity index is 617. The van der Waals surface area contributed by atoms with Crippen LogP contribution in [-0.4, -0.2) is 23.8 Å². The average Bonchev–Trinajstić information content (AvgIpc) is 2.55. The van der Waals surface area contributed by atoms with Crippen molar-refractivity contribution in [1.82, 2.24) is 5.32 Å². The molecule has 1 rings (SSSR count). The number of amidine groups is 1. The molecular weight excluding hydrogens is 296 g/mol. The Morgan fingerprint density at radius 3 is 2.61 bits per heavy atom. The molecule has 0 aliphatic rings. The quantitative estimate of drug-likeness (QED) is 0.219. The second kappa shape index (κ2) is 9.23. The summed E-state index contributed by atoms with van der Waals surface area (Å²) in [5.74, 6) is 1.74. The number of oxime groups is 1. The van der Waals surface area contributed by atoms with Crippen LogP contribution in [0.3, 0.4) is 0 Å². The van der Waals surface area contributed by atoms with Gasteiger partial charge in [-0.25, -0.2) is 4.79 Å². The lowest BCUT2D eigenvalue weighted by atomic mass is 10.1. The molecule has 0 heterocycles. The Balaban J connectivity index is 2.54. The molecule has 0 radical (unpaired) electrons. The monoisotopic (exact) mass is 316 g/mol. The Morgan fingerprint density at radius 1 is 1.39 bits per heavy atom. The van der Waals surface area contributed by atoms with Crippen molar-refractivity contribution in [1.29, 1.82) is 0 Å². The van der Waals surface area contributed by atoms with Crippen molar-refractivity contribution in [2.24, 2.45) is 16.6 Å². The molecular formula is C16H20N4O3. The molecule has 0 spiro atoms. The number of nitrogens with zero attached hydrogens (tertiary/aromatic N) is 1. The minimum Gasteiger partial charge on any atom is -0.380 e. The standard InChI is InChI=1S/C16H20N4O3/c1-3-4-5-14(17)16(22)19-10-12-6-8-13(9-7-12)15(18)20-23-11(2)21/h1,6-9,14H,4-5,10,17H2,2H3,(H2,18,20)(H,19,22). The van der Waals surface area contributed by atoms with Crippen molar-refractivity contribution >= 4 is 17.7 Å². The zero-order valence-corrected chi connectivity index (χ0v) is 12.9. The Labute approximate surface area is 135 Å². The molecule has 23 heavy (non-hydrogen) atoms. The minimum absolute atomic E-state index is 0.0899. The third-order valence-corrected chi connectivity index (χ3v) is 2.93. The first-order chi connectivity index (χ1) is 10.9. The fourth-order valence-electron chi connectivity index (χ4n) is 1.65. The van der Waals surface area contributed by atoms with E-state index < -0.39 is 12.0 Å². The third-order valence-electron chi connectivity index (χ3n) is 2.93. The van der Waals surface area contributed by atoms with Crippen molar-refractivity contribution in [2.75, 3.05) is 0 Å². The van der Waals surface area contributed by atoms with E-state index in [1.807, 2.05) is 0 Å². The smallest absolute Gasteiger partial charge is 0.332 e. The lowest BCUT2D eigenvalue weighted by Gasteiger charge is -2.11. The molecule has 1 aromatic rings. The van der Waals surface area contributed by atoms with Crippen LogP contribution in [-0.2, 0) is 21.0 Å². The zero-order chi connectivity index (χ0) is 17.2. The largest absolute Gasteiger partial charge is 0.380 e. The van der Waals surface area contributed by atoms with E-state index in [1.54, 1.807) is 24.3 Å². The van der Waals surface area contributed by atoms with E-state index in [0.29, 0.717) is 24.9 Å². The highest BCUT2D eigenvalue weighted by molar-refractivity contribution is 5.97. The predicted octanol–water partition coefficient (Wildman–Crippen LogP) is 0.227. The SMILES string of the molecule is C#CCCC(N)C(=O)NCc1ccc(C(N)=NOC(C)=O)cc1. The topological polar surface area (TPSA) is 120 Å². The fourth-order valence-corrected chi connectivity index (χ4v) is 1.65. The van der Waals surface area contributed by atoms with Gasteiger partial charge >= 0.3 is 5.97 Å². The number of carbonyl (C=O) groups is 2. The zero-order valence-electron chi connectivity index (χ0n) is 12.9. The highest BCUT2D eigenvalue weighted by atomic mass is 16.7. The van der Waals surface area contributed by atoms with Crippen LogP contribution >= 0.6 is 0 Å². The summed E-state index contributed by atoms with van der Waals surface area (Å²) in [6.07, 6.45) is 6.05. The minimum atomic E-state index is -0.614. The van der Waals surface area contributed by atoms with E-state index in [4.69, 9.17) is 17.9 Å². The van der Waals surface area contributed by atoms with E-state index in [0.717, 1.165) is 5.56 Å². The molecule has 0 aliphatic carbocycles. The molecule has 0 aliphatic heterocycles. The number of nitrogens with one attached hydrogen (secondary N) is 1. The molecule has 0 aromatic heterocycles. The lowest BCUT2D eigenvalue weighted by Crippen LogP contribution is -2.40. The summed E-state index contributed by atoms with van der Waals surface area (Å²) in [5, 5.41) is 6.23. The number of terminal acetylenes is 1. The first kappa shape index (κ1) is 18.2. The first-order valence-corrected chi connectivity index (χ1v) is 7.01. The van der Waals surface area contributed by atoms with Gasteiger partial charge in [-0.05, 0) is 12.0 Å². The molecule has 0 bridgehead atoms. The molecule has 5 N–H and O–H groups in total. The molecule has 0 saturated carbocycles. The van der Waals surface area contributed by atoms with Gasteiger partial charge in [-0.15, -0.1) is 12.3 Å². The first-order valence-electron chi connectivity index (χ1n) is 7.01. The number of carbonyl (C=O) groups excluding carboxylic acids is 2. The molecule has 1 atom stereocenters. The summed E-state index contributed by atoms with van der Waals surface area (Å²) in [4.78, 5) is 26.9. The van der Waals surface area contributed by atoms with Gasteiger partial charge in [0.15, 0.2) is 5.84 Å². The second-order valence-electron chi connectivity index (χ2n) is 4.82. The van der Waals surface area contributed by atoms with Crippen molar-refractivity contribution < 1.29 is 14.4 Å². The van der Waals surface area contributed by atoms with Gasteiger partial charge in [0, 0.05) is 25.5 Å². The van der Waals surface area contributed by atoms with Crippen LogP contribution in [0.4, 0.5) is 0 Å². The summed E-state index contributed by atoms with van der Waals surface area (Å²) >= 11 is 0. The van der Waals surface area contributed by atoms with E-state index in [-0.39, 0.29) is 11.7 Å². The normalized spacial score (nSPS) is 12.1. The van der Waals surface area contributed by atoms with Crippen molar-refractivity contribution in [3.05, 3.63) is 35.4 Å². The van der Waals surface area contributed by atoms with Crippen LogP contribution in [0.15, 0.2) is 29.4 Å².